The minimum absolute atomic E-state index is 0.256. The lowest BCUT2D eigenvalue weighted by Gasteiger charge is -2.15. The Morgan fingerprint density at radius 2 is 1.50 bits per heavy atom. The van der Waals surface area contributed by atoms with Crippen molar-refractivity contribution >= 4 is 33.7 Å². The third kappa shape index (κ3) is 2.77. The van der Waals surface area contributed by atoms with Crippen LogP contribution in [0.15, 0.2) is 70.4 Å². The molecule has 1 heterocycles. The minimum atomic E-state index is -0.536. The van der Waals surface area contributed by atoms with Crippen LogP contribution in [0.2, 0.25) is 0 Å². The summed E-state index contributed by atoms with van der Waals surface area (Å²) in [7, 11) is 1.58. The number of nitrogens with one attached hydrogen (secondary N) is 2. The Balaban J connectivity index is 1.61. The summed E-state index contributed by atoms with van der Waals surface area (Å²) in [5.74, 6) is 0.712. The maximum Gasteiger partial charge on any atom is 0.253 e. The van der Waals surface area contributed by atoms with Crippen LogP contribution in [-0.4, -0.2) is 12.1 Å². The number of aromatic nitrogens is 1. The quantitative estimate of drug-likeness (QED) is 0.540. The second-order valence-electron chi connectivity index (χ2n) is 5.80. The zero-order valence-corrected chi connectivity index (χ0v) is 13.9. The van der Waals surface area contributed by atoms with E-state index in [1.807, 2.05) is 30.3 Å². The number of benzene rings is 2. The lowest BCUT2D eigenvalue weighted by molar-refractivity contribution is 0.415. The molecule has 6 heteroatoms. The number of pyridine rings is 1. The summed E-state index contributed by atoms with van der Waals surface area (Å²) in [5, 5.41) is 6.98. The highest BCUT2D eigenvalue weighted by Crippen LogP contribution is 2.26. The van der Waals surface area contributed by atoms with Crippen LogP contribution in [0.3, 0.4) is 0 Å². The minimum Gasteiger partial charge on any atom is -0.497 e. The fourth-order valence-corrected chi connectivity index (χ4v) is 2.75. The fraction of sp³-hybridized carbons (Fsp3) is 0.0500. The van der Waals surface area contributed by atoms with Gasteiger partial charge in [-0.1, -0.05) is 6.07 Å². The molecule has 4 aromatic rings. The molecule has 0 fully saturated rings. The van der Waals surface area contributed by atoms with Gasteiger partial charge in [-0.3, -0.25) is 14.6 Å². The van der Waals surface area contributed by atoms with Crippen molar-refractivity contribution in [2.24, 2.45) is 0 Å². The lowest BCUT2D eigenvalue weighted by atomic mass is 10.1. The number of ether oxygens (including phenoxy) is 1. The average Bonchev–Trinajstić information content (AvgIpc) is 2.70. The SMILES string of the molecule is COc1ccc(Nc2c(Nc3ccc4ncccc4c3)c(=O)c2=O)cc1. The molecule has 0 unspecified atom stereocenters. The second-order valence-corrected chi connectivity index (χ2v) is 5.80. The molecule has 0 saturated carbocycles. The van der Waals surface area contributed by atoms with Crippen molar-refractivity contribution in [1.29, 1.82) is 0 Å². The highest BCUT2D eigenvalue weighted by atomic mass is 16.5. The summed E-state index contributed by atoms with van der Waals surface area (Å²) in [6, 6.07) is 16.5. The van der Waals surface area contributed by atoms with E-state index in [4.69, 9.17) is 4.74 Å². The molecule has 0 aliphatic carbocycles. The van der Waals surface area contributed by atoms with Crippen LogP contribution in [0.4, 0.5) is 22.7 Å². The molecule has 0 saturated heterocycles. The van der Waals surface area contributed by atoms with E-state index in [1.54, 1.807) is 37.6 Å². The first kappa shape index (κ1) is 15.8. The van der Waals surface area contributed by atoms with E-state index in [9.17, 15) is 9.59 Å². The van der Waals surface area contributed by atoms with Gasteiger partial charge in [-0.15, -0.1) is 0 Å². The molecule has 0 bridgehead atoms. The van der Waals surface area contributed by atoms with Crippen molar-refractivity contribution in [3.05, 3.63) is 81.2 Å². The summed E-state index contributed by atoms with van der Waals surface area (Å²) in [5.41, 5.74) is 1.72. The molecular weight excluding hydrogens is 330 g/mol. The van der Waals surface area contributed by atoms with Gasteiger partial charge in [0.05, 0.1) is 12.6 Å². The topological polar surface area (TPSA) is 80.3 Å². The fourth-order valence-electron chi connectivity index (χ4n) is 2.75. The lowest BCUT2D eigenvalue weighted by Crippen LogP contribution is -2.35. The van der Waals surface area contributed by atoms with Crippen molar-refractivity contribution in [2.75, 3.05) is 17.7 Å². The summed E-state index contributed by atoms with van der Waals surface area (Å²) >= 11 is 0. The Kier molecular flexibility index (Phi) is 3.85. The van der Waals surface area contributed by atoms with E-state index in [0.717, 1.165) is 16.6 Å². The van der Waals surface area contributed by atoms with Gasteiger partial charge < -0.3 is 15.4 Å². The normalized spacial score (nSPS) is 10.8. The maximum absolute atomic E-state index is 12.0. The van der Waals surface area contributed by atoms with Gasteiger partial charge in [-0.25, -0.2) is 0 Å². The van der Waals surface area contributed by atoms with Crippen LogP contribution >= 0.6 is 0 Å². The van der Waals surface area contributed by atoms with Crippen molar-refractivity contribution in [2.45, 2.75) is 0 Å². The van der Waals surface area contributed by atoms with Gasteiger partial charge in [-0.2, -0.15) is 0 Å². The number of hydrogen-bond acceptors (Lipinski definition) is 6. The van der Waals surface area contributed by atoms with Crippen molar-refractivity contribution in [3.63, 3.8) is 0 Å². The largest absolute Gasteiger partial charge is 0.497 e. The Hall–Kier alpha value is -3.67. The monoisotopic (exact) mass is 345 g/mol. The number of fused-ring (bicyclic) bond motifs is 1. The smallest absolute Gasteiger partial charge is 0.253 e. The Bertz CT molecular complexity index is 1160. The van der Waals surface area contributed by atoms with Gasteiger partial charge in [0.2, 0.25) is 0 Å². The molecule has 4 rings (SSSR count). The van der Waals surface area contributed by atoms with Crippen LogP contribution in [0.1, 0.15) is 0 Å². The molecule has 6 nitrogen and oxygen atoms in total. The first-order chi connectivity index (χ1) is 12.7. The van der Waals surface area contributed by atoms with Crippen molar-refractivity contribution in [1.82, 2.24) is 4.98 Å². The molecule has 0 aliphatic rings. The van der Waals surface area contributed by atoms with Crippen molar-refractivity contribution in [3.8, 4) is 5.75 Å². The van der Waals surface area contributed by atoms with E-state index in [1.165, 1.54) is 0 Å². The standard InChI is InChI=1S/C20H15N3O3/c1-26-15-7-4-13(5-8-15)22-17-18(20(25)19(17)24)23-14-6-9-16-12(11-14)3-2-10-21-16/h2-11,22-23H,1H3. The Morgan fingerprint density at radius 3 is 2.19 bits per heavy atom. The molecule has 128 valence electrons. The Labute approximate surface area is 148 Å². The third-order valence-corrected chi connectivity index (χ3v) is 4.14. The zero-order valence-electron chi connectivity index (χ0n) is 13.9. The molecule has 0 radical (unpaired) electrons. The number of rotatable bonds is 5. The van der Waals surface area contributed by atoms with E-state index in [0.29, 0.717) is 11.4 Å². The number of nitrogens with zero attached hydrogens (tertiary/aromatic N) is 1. The van der Waals surface area contributed by atoms with E-state index < -0.39 is 10.9 Å². The first-order valence-electron chi connectivity index (χ1n) is 8.02. The maximum atomic E-state index is 12.0. The van der Waals surface area contributed by atoms with Crippen LogP contribution in [0, 0.1) is 0 Å². The highest BCUT2D eigenvalue weighted by Gasteiger charge is 2.21. The second kappa shape index (κ2) is 6.33. The summed E-state index contributed by atoms with van der Waals surface area (Å²) in [6.45, 7) is 0. The zero-order chi connectivity index (χ0) is 18.1. The molecule has 26 heavy (non-hydrogen) atoms. The summed E-state index contributed by atoms with van der Waals surface area (Å²) < 4.78 is 5.11. The Morgan fingerprint density at radius 1 is 0.846 bits per heavy atom. The van der Waals surface area contributed by atoms with Gasteiger partial charge in [0.1, 0.15) is 17.1 Å². The molecule has 0 atom stereocenters. The van der Waals surface area contributed by atoms with E-state index in [-0.39, 0.29) is 11.4 Å². The van der Waals surface area contributed by atoms with Crippen LogP contribution in [0.5, 0.6) is 5.75 Å². The molecule has 1 aromatic heterocycles. The highest BCUT2D eigenvalue weighted by molar-refractivity contribution is 5.87. The molecule has 0 aliphatic heterocycles. The van der Waals surface area contributed by atoms with Crippen LogP contribution in [0.25, 0.3) is 10.9 Å². The molecule has 2 N–H and O–H groups in total. The predicted octanol–water partition coefficient (Wildman–Crippen LogP) is 3.33. The number of hydrogen-bond donors (Lipinski definition) is 2. The molecule has 0 amide bonds. The van der Waals surface area contributed by atoms with Gasteiger partial charge in [0, 0.05) is 23.0 Å². The predicted molar refractivity (Wildman–Crippen MR) is 103 cm³/mol. The molecule has 0 spiro atoms. The van der Waals surface area contributed by atoms with Crippen LogP contribution < -0.4 is 26.2 Å². The van der Waals surface area contributed by atoms with Crippen molar-refractivity contribution < 1.29 is 4.74 Å². The summed E-state index contributed by atoms with van der Waals surface area (Å²) in [6.07, 6.45) is 1.73. The first-order valence-corrected chi connectivity index (χ1v) is 8.02. The number of methoxy groups -OCH3 is 1. The van der Waals surface area contributed by atoms with Crippen LogP contribution in [-0.2, 0) is 0 Å². The summed E-state index contributed by atoms with van der Waals surface area (Å²) in [4.78, 5) is 28.2. The third-order valence-electron chi connectivity index (χ3n) is 4.14. The average molecular weight is 345 g/mol. The van der Waals surface area contributed by atoms with E-state index in [2.05, 4.69) is 15.6 Å². The molecule has 3 aromatic carbocycles. The van der Waals surface area contributed by atoms with Gasteiger partial charge in [0.25, 0.3) is 10.9 Å². The van der Waals surface area contributed by atoms with Gasteiger partial charge >= 0.3 is 0 Å². The molecular formula is C20H15N3O3. The number of anilines is 4. The van der Waals surface area contributed by atoms with E-state index >= 15 is 0 Å². The van der Waals surface area contributed by atoms with Gasteiger partial charge in [-0.05, 0) is 48.5 Å². The van der Waals surface area contributed by atoms with Gasteiger partial charge in [0.15, 0.2) is 0 Å².